The van der Waals surface area contributed by atoms with Gasteiger partial charge < -0.3 is 5.11 Å². The number of aliphatic hydroxyl groups is 1. The smallest absolute Gasteiger partial charge is 0.0939 e. The second-order valence-electron chi connectivity index (χ2n) is 4.15. The molecule has 0 aliphatic carbocycles. The maximum atomic E-state index is 11.5. The second-order valence-corrected chi connectivity index (χ2v) is 5.88. The monoisotopic (exact) mass is 205 g/mol. The zero-order valence-corrected chi connectivity index (χ0v) is 9.43. The van der Waals surface area contributed by atoms with Gasteiger partial charge in [0.05, 0.1) is 11.0 Å². The van der Waals surface area contributed by atoms with E-state index in [1.54, 1.807) is 0 Å². The minimum Gasteiger partial charge on any atom is -0.396 e. The summed E-state index contributed by atoms with van der Waals surface area (Å²) in [6, 6.07) is 0. The summed E-state index contributed by atoms with van der Waals surface area (Å²) in [5, 5.41) is 9.24. The lowest BCUT2D eigenvalue weighted by molar-refractivity contribution is 0.122. The van der Waals surface area contributed by atoms with Gasteiger partial charge in [0.1, 0.15) is 0 Å². The number of aliphatic hydroxyl groups excluding tert-OH is 1. The van der Waals surface area contributed by atoms with Crippen LogP contribution in [0.4, 0.5) is 0 Å². The van der Waals surface area contributed by atoms with E-state index in [2.05, 4.69) is 13.8 Å². The first-order valence-corrected chi connectivity index (χ1v) is 6.05. The number of rotatable bonds is 3. The molecule has 1 heterocycles. The SMILES string of the molecule is CCS(=O)N1CC(C)C(C)(CO)C1. The molecule has 3 nitrogen and oxygen atoms in total. The van der Waals surface area contributed by atoms with E-state index in [4.69, 9.17) is 0 Å². The molecule has 3 unspecified atom stereocenters. The van der Waals surface area contributed by atoms with Gasteiger partial charge in [-0.1, -0.05) is 20.8 Å². The molecule has 1 aliphatic heterocycles. The quantitative estimate of drug-likeness (QED) is 0.734. The third kappa shape index (κ3) is 2.11. The van der Waals surface area contributed by atoms with Crippen molar-refractivity contribution in [3.63, 3.8) is 0 Å². The Balaban J connectivity index is 2.65. The standard InChI is InChI=1S/C9H19NO2S/c1-4-13(12)10-5-8(2)9(3,6-10)7-11/h8,11H,4-7H2,1-3H3. The summed E-state index contributed by atoms with van der Waals surface area (Å²) in [7, 11) is -0.849. The first-order chi connectivity index (χ1) is 6.03. The van der Waals surface area contributed by atoms with Crippen molar-refractivity contribution < 1.29 is 9.32 Å². The van der Waals surface area contributed by atoms with Gasteiger partial charge >= 0.3 is 0 Å². The van der Waals surface area contributed by atoms with E-state index in [1.807, 2.05) is 11.2 Å². The summed E-state index contributed by atoms with van der Waals surface area (Å²) >= 11 is 0. The summed E-state index contributed by atoms with van der Waals surface area (Å²) < 4.78 is 13.5. The van der Waals surface area contributed by atoms with E-state index >= 15 is 0 Å². The minimum absolute atomic E-state index is 0.0647. The molecular formula is C9H19NO2S. The highest BCUT2D eigenvalue weighted by Gasteiger charge is 2.41. The van der Waals surface area contributed by atoms with Crippen LogP contribution in [0.5, 0.6) is 0 Å². The van der Waals surface area contributed by atoms with E-state index in [0.29, 0.717) is 11.7 Å². The maximum Gasteiger partial charge on any atom is 0.0939 e. The summed E-state index contributed by atoms with van der Waals surface area (Å²) in [5.74, 6) is 1.10. The zero-order valence-electron chi connectivity index (χ0n) is 8.62. The Labute approximate surface area is 82.7 Å². The molecule has 1 fully saturated rings. The molecule has 0 spiro atoms. The van der Waals surface area contributed by atoms with E-state index in [1.165, 1.54) is 0 Å². The van der Waals surface area contributed by atoms with E-state index < -0.39 is 11.0 Å². The molecule has 1 N–H and O–H groups in total. The van der Waals surface area contributed by atoms with E-state index in [-0.39, 0.29) is 12.0 Å². The van der Waals surface area contributed by atoms with Gasteiger partial charge in [-0.25, -0.2) is 8.51 Å². The molecule has 0 amide bonds. The first kappa shape index (κ1) is 11.1. The first-order valence-electron chi connectivity index (χ1n) is 4.78. The minimum atomic E-state index is -0.849. The molecule has 1 rings (SSSR count). The Kier molecular flexibility index (Phi) is 3.49. The van der Waals surface area contributed by atoms with Crippen LogP contribution in [0.3, 0.4) is 0 Å². The maximum absolute atomic E-state index is 11.5. The molecule has 1 saturated heterocycles. The Morgan fingerprint density at radius 2 is 2.31 bits per heavy atom. The average molecular weight is 205 g/mol. The fourth-order valence-electron chi connectivity index (χ4n) is 1.69. The van der Waals surface area contributed by atoms with Crippen LogP contribution in [0.25, 0.3) is 0 Å². The number of nitrogens with zero attached hydrogens (tertiary/aromatic N) is 1. The molecule has 0 saturated carbocycles. The predicted molar refractivity (Wildman–Crippen MR) is 54.6 cm³/mol. The lowest BCUT2D eigenvalue weighted by Gasteiger charge is -2.25. The molecule has 13 heavy (non-hydrogen) atoms. The van der Waals surface area contributed by atoms with Gasteiger partial charge in [-0.2, -0.15) is 0 Å². The van der Waals surface area contributed by atoms with Crippen molar-refractivity contribution in [2.24, 2.45) is 11.3 Å². The fraction of sp³-hybridized carbons (Fsp3) is 1.00. The van der Waals surface area contributed by atoms with Crippen LogP contribution in [0, 0.1) is 11.3 Å². The highest BCUT2D eigenvalue weighted by Crippen LogP contribution is 2.35. The largest absolute Gasteiger partial charge is 0.396 e. The Morgan fingerprint density at radius 3 is 2.69 bits per heavy atom. The van der Waals surface area contributed by atoms with Crippen LogP contribution in [-0.2, 0) is 11.0 Å². The number of hydrogen-bond donors (Lipinski definition) is 1. The molecule has 0 bridgehead atoms. The topological polar surface area (TPSA) is 40.5 Å². The summed E-state index contributed by atoms with van der Waals surface area (Å²) in [5.41, 5.74) is -0.0647. The summed E-state index contributed by atoms with van der Waals surface area (Å²) in [6.45, 7) is 7.89. The lowest BCUT2D eigenvalue weighted by atomic mass is 9.82. The Morgan fingerprint density at radius 1 is 1.69 bits per heavy atom. The van der Waals surface area contributed by atoms with Gasteiger partial charge in [0.2, 0.25) is 0 Å². The lowest BCUT2D eigenvalue weighted by Crippen LogP contribution is -2.31. The molecule has 4 heteroatoms. The van der Waals surface area contributed by atoms with Crippen molar-refractivity contribution in [1.29, 1.82) is 0 Å². The van der Waals surface area contributed by atoms with Crippen molar-refractivity contribution in [2.45, 2.75) is 20.8 Å². The highest BCUT2D eigenvalue weighted by atomic mass is 32.2. The molecule has 0 aromatic rings. The molecule has 3 atom stereocenters. The molecular weight excluding hydrogens is 186 g/mol. The molecule has 0 radical (unpaired) electrons. The Hall–Kier alpha value is 0.0700. The van der Waals surface area contributed by atoms with Crippen molar-refractivity contribution in [3.05, 3.63) is 0 Å². The second kappa shape index (κ2) is 4.07. The summed E-state index contributed by atoms with van der Waals surface area (Å²) in [4.78, 5) is 0. The third-order valence-corrected chi connectivity index (χ3v) is 4.45. The van der Waals surface area contributed by atoms with Gasteiger partial charge in [-0.3, -0.25) is 0 Å². The summed E-state index contributed by atoms with van der Waals surface area (Å²) in [6.07, 6.45) is 0. The predicted octanol–water partition coefficient (Wildman–Crippen LogP) is 0.620. The Bertz CT molecular complexity index is 210. The van der Waals surface area contributed by atoms with Crippen LogP contribution in [-0.4, -0.2) is 39.1 Å². The molecule has 0 aromatic carbocycles. The van der Waals surface area contributed by atoms with Gasteiger partial charge in [-0.15, -0.1) is 0 Å². The molecule has 0 aromatic heterocycles. The van der Waals surface area contributed by atoms with Crippen molar-refractivity contribution in [1.82, 2.24) is 4.31 Å². The molecule has 78 valence electrons. The van der Waals surface area contributed by atoms with Crippen LogP contribution < -0.4 is 0 Å². The van der Waals surface area contributed by atoms with Crippen LogP contribution in [0.2, 0.25) is 0 Å². The van der Waals surface area contributed by atoms with Crippen molar-refractivity contribution >= 4 is 11.0 Å². The zero-order chi connectivity index (χ0) is 10.1. The van der Waals surface area contributed by atoms with Crippen molar-refractivity contribution in [3.8, 4) is 0 Å². The van der Waals surface area contributed by atoms with E-state index in [0.717, 1.165) is 13.1 Å². The van der Waals surface area contributed by atoms with E-state index in [9.17, 15) is 9.32 Å². The fourth-order valence-corrected chi connectivity index (χ4v) is 2.89. The van der Waals surface area contributed by atoms with Gasteiger partial charge in [0, 0.05) is 30.9 Å². The van der Waals surface area contributed by atoms with Crippen LogP contribution in [0.1, 0.15) is 20.8 Å². The normalized spacial score (nSPS) is 38.0. The van der Waals surface area contributed by atoms with Crippen LogP contribution in [0.15, 0.2) is 0 Å². The van der Waals surface area contributed by atoms with Crippen LogP contribution >= 0.6 is 0 Å². The highest BCUT2D eigenvalue weighted by molar-refractivity contribution is 7.82. The molecule has 1 aliphatic rings. The van der Waals surface area contributed by atoms with Crippen molar-refractivity contribution in [2.75, 3.05) is 25.4 Å². The third-order valence-electron chi connectivity index (χ3n) is 3.10. The average Bonchev–Trinajstić information content (AvgIpc) is 2.43. The van der Waals surface area contributed by atoms with Gasteiger partial charge in [-0.05, 0) is 5.92 Å². The van der Waals surface area contributed by atoms with Gasteiger partial charge in [0.25, 0.3) is 0 Å². The van der Waals surface area contributed by atoms with Gasteiger partial charge in [0.15, 0.2) is 0 Å². The number of hydrogen-bond acceptors (Lipinski definition) is 2.